The van der Waals surface area contributed by atoms with E-state index in [9.17, 15) is 14.4 Å². The van der Waals surface area contributed by atoms with Crippen molar-refractivity contribution in [3.63, 3.8) is 0 Å². The summed E-state index contributed by atoms with van der Waals surface area (Å²) >= 11 is 0. The third kappa shape index (κ3) is 39.8. The topological polar surface area (TPSA) is 78.9 Å². The fourth-order valence-corrected chi connectivity index (χ4v) is 5.35. The molecule has 0 N–H and O–H groups in total. The van der Waals surface area contributed by atoms with Crippen LogP contribution in [0.4, 0.5) is 0 Å². The second kappa shape index (κ2) is 42.3. The number of allylic oxidation sites excluding steroid dienone is 14. The molecule has 0 aromatic rings. The largest absolute Gasteiger partial charge is 0.462 e. The summed E-state index contributed by atoms with van der Waals surface area (Å²) in [5.41, 5.74) is 0. The van der Waals surface area contributed by atoms with Crippen LogP contribution in [0.2, 0.25) is 0 Å². The molecule has 0 aliphatic heterocycles. The Morgan fingerprint density at radius 1 is 0.407 bits per heavy atom. The molecule has 0 aromatic carbocycles. The van der Waals surface area contributed by atoms with Crippen LogP contribution in [0.3, 0.4) is 0 Å². The Hall–Kier alpha value is -3.41. The molecule has 0 aliphatic carbocycles. The molecule has 6 heteroatoms. The SMILES string of the molecule is CC/C=C\C/C=C\C/C=C\C/C=C\CCCCCC(=O)OCC(COC(=O)CCC/C=C\CCCCCC)OC(=O)CCCCC/C=C\C=C/CCCC. The standard InChI is InChI=1S/C48H78O6/c1-4-7-10-13-16-19-21-22-23-24-25-27-29-32-35-38-41-47(50)53-44-45(43-52-46(49)40-37-34-31-28-18-15-12-9-6-3)54-48(51)42-39-36-33-30-26-20-17-14-11-8-5-2/h7,10,14,16-17,19-20,22-23,25-28,31,45H,4-6,8-9,11-13,15,18,21,24,29-30,32-44H2,1-3H3/b10-7-,17-14-,19-16-,23-22-,26-20-,27-25-,31-28-. The van der Waals surface area contributed by atoms with Gasteiger partial charge in [-0.2, -0.15) is 0 Å². The van der Waals surface area contributed by atoms with Crippen molar-refractivity contribution in [1.29, 1.82) is 0 Å². The van der Waals surface area contributed by atoms with Crippen LogP contribution in [0.1, 0.15) is 181 Å². The Balaban J connectivity index is 4.49. The number of ether oxygens (including phenoxy) is 3. The first kappa shape index (κ1) is 50.6. The zero-order chi connectivity index (χ0) is 39.4. The Labute approximate surface area is 331 Å². The number of hydrogen-bond donors (Lipinski definition) is 0. The first-order chi connectivity index (χ1) is 26.5. The van der Waals surface area contributed by atoms with Crippen LogP contribution in [0.15, 0.2) is 85.1 Å². The highest BCUT2D eigenvalue weighted by atomic mass is 16.6. The van der Waals surface area contributed by atoms with Crippen molar-refractivity contribution in [2.24, 2.45) is 0 Å². The molecular formula is C48H78O6. The zero-order valence-electron chi connectivity index (χ0n) is 34.7. The molecule has 0 amide bonds. The van der Waals surface area contributed by atoms with Crippen LogP contribution in [-0.2, 0) is 28.6 Å². The van der Waals surface area contributed by atoms with Gasteiger partial charge in [0.2, 0.25) is 0 Å². The fourth-order valence-electron chi connectivity index (χ4n) is 5.35. The van der Waals surface area contributed by atoms with Gasteiger partial charge in [0.1, 0.15) is 13.2 Å². The number of esters is 3. The lowest BCUT2D eigenvalue weighted by molar-refractivity contribution is -0.167. The summed E-state index contributed by atoms with van der Waals surface area (Å²) in [6.07, 6.45) is 52.9. The molecule has 1 unspecified atom stereocenters. The molecule has 0 spiro atoms. The lowest BCUT2D eigenvalue weighted by Crippen LogP contribution is -2.30. The molecule has 6 nitrogen and oxygen atoms in total. The van der Waals surface area contributed by atoms with E-state index >= 15 is 0 Å². The van der Waals surface area contributed by atoms with Crippen molar-refractivity contribution in [3.8, 4) is 0 Å². The summed E-state index contributed by atoms with van der Waals surface area (Å²) in [6, 6.07) is 0. The van der Waals surface area contributed by atoms with E-state index < -0.39 is 6.10 Å². The summed E-state index contributed by atoms with van der Waals surface area (Å²) in [6.45, 7) is 6.32. The van der Waals surface area contributed by atoms with Crippen LogP contribution >= 0.6 is 0 Å². The first-order valence-electron chi connectivity index (χ1n) is 21.6. The molecule has 0 saturated carbocycles. The second-order valence-electron chi connectivity index (χ2n) is 13.9. The van der Waals surface area contributed by atoms with E-state index in [1.165, 1.54) is 38.5 Å². The number of carbonyl (C=O) groups is 3. The minimum atomic E-state index is -0.811. The predicted molar refractivity (Wildman–Crippen MR) is 228 cm³/mol. The van der Waals surface area contributed by atoms with E-state index in [1.807, 2.05) is 0 Å². The third-order valence-electron chi connectivity index (χ3n) is 8.63. The highest BCUT2D eigenvalue weighted by Crippen LogP contribution is 2.10. The van der Waals surface area contributed by atoms with E-state index in [0.717, 1.165) is 96.3 Å². The number of carbonyl (C=O) groups excluding carboxylic acids is 3. The molecule has 0 rings (SSSR count). The Morgan fingerprint density at radius 2 is 0.815 bits per heavy atom. The minimum Gasteiger partial charge on any atom is -0.462 e. The smallest absolute Gasteiger partial charge is 0.306 e. The first-order valence-corrected chi connectivity index (χ1v) is 21.6. The van der Waals surface area contributed by atoms with Crippen molar-refractivity contribution in [2.75, 3.05) is 13.2 Å². The Bertz CT molecular complexity index is 1090. The van der Waals surface area contributed by atoms with Gasteiger partial charge < -0.3 is 14.2 Å². The van der Waals surface area contributed by atoms with E-state index in [1.54, 1.807) is 0 Å². The molecule has 0 fully saturated rings. The predicted octanol–water partition coefficient (Wildman–Crippen LogP) is 13.7. The zero-order valence-corrected chi connectivity index (χ0v) is 34.7. The van der Waals surface area contributed by atoms with E-state index in [-0.39, 0.29) is 37.5 Å². The average molecular weight is 751 g/mol. The average Bonchev–Trinajstić information content (AvgIpc) is 3.17. The van der Waals surface area contributed by atoms with Gasteiger partial charge in [0.25, 0.3) is 0 Å². The lowest BCUT2D eigenvalue weighted by Gasteiger charge is -2.18. The maximum Gasteiger partial charge on any atom is 0.306 e. The van der Waals surface area contributed by atoms with Gasteiger partial charge in [-0.15, -0.1) is 0 Å². The fraction of sp³-hybridized carbons (Fsp3) is 0.646. The molecule has 0 saturated heterocycles. The third-order valence-corrected chi connectivity index (χ3v) is 8.63. The van der Waals surface area contributed by atoms with Crippen molar-refractivity contribution < 1.29 is 28.6 Å². The molecule has 0 bridgehead atoms. The van der Waals surface area contributed by atoms with Gasteiger partial charge in [-0.05, 0) is 96.3 Å². The number of hydrogen-bond acceptors (Lipinski definition) is 6. The van der Waals surface area contributed by atoms with Crippen molar-refractivity contribution >= 4 is 17.9 Å². The lowest BCUT2D eigenvalue weighted by atomic mass is 10.1. The summed E-state index contributed by atoms with van der Waals surface area (Å²) < 4.78 is 16.6. The van der Waals surface area contributed by atoms with Crippen LogP contribution in [0, 0.1) is 0 Å². The van der Waals surface area contributed by atoms with Gasteiger partial charge in [-0.1, -0.05) is 151 Å². The van der Waals surface area contributed by atoms with Crippen LogP contribution in [-0.4, -0.2) is 37.2 Å². The van der Waals surface area contributed by atoms with Gasteiger partial charge >= 0.3 is 17.9 Å². The molecular weight excluding hydrogens is 673 g/mol. The van der Waals surface area contributed by atoms with Crippen LogP contribution in [0.25, 0.3) is 0 Å². The van der Waals surface area contributed by atoms with Gasteiger partial charge in [0.05, 0.1) is 0 Å². The summed E-state index contributed by atoms with van der Waals surface area (Å²) in [5, 5.41) is 0. The maximum absolute atomic E-state index is 12.6. The van der Waals surface area contributed by atoms with Gasteiger partial charge in [0.15, 0.2) is 6.10 Å². The molecule has 0 aromatic heterocycles. The van der Waals surface area contributed by atoms with Crippen LogP contribution in [0.5, 0.6) is 0 Å². The Kier molecular flexibility index (Phi) is 39.7. The molecule has 0 heterocycles. The molecule has 0 aliphatic rings. The van der Waals surface area contributed by atoms with E-state index in [4.69, 9.17) is 14.2 Å². The van der Waals surface area contributed by atoms with E-state index in [0.29, 0.717) is 19.3 Å². The Morgan fingerprint density at radius 3 is 1.35 bits per heavy atom. The number of unbranched alkanes of at least 4 members (excludes halogenated alkanes) is 13. The molecule has 1 atom stereocenters. The van der Waals surface area contributed by atoms with E-state index in [2.05, 4.69) is 106 Å². The van der Waals surface area contributed by atoms with Gasteiger partial charge in [-0.3, -0.25) is 14.4 Å². The minimum absolute atomic E-state index is 0.114. The van der Waals surface area contributed by atoms with Crippen LogP contribution < -0.4 is 0 Å². The van der Waals surface area contributed by atoms with Gasteiger partial charge in [0, 0.05) is 19.3 Å². The molecule has 306 valence electrons. The summed E-state index contributed by atoms with van der Waals surface area (Å²) in [5.74, 6) is -1.02. The van der Waals surface area contributed by atoms with Gasteiger partial charge in [-0.25, -0.2) is 0 Å². The number of rotatable bonds is 37. The highest BCUT2D eigenvalue weighted by Gasteiger charge is 2.19. The summed E-state index contributed by atoms with van der Waals surface area (Å²) in [7, 11) is 0. The molecule has 0 radical (unpaired) electrons. The second-order valence-corrected chi connectivity index (χ2v) is 13.9. The quantitative estimate of drug-likeness (QED) is 0.0207. The monoisotopic (exact) mass is 751 g/mol. The normalized spacial score (nSPS) is 12.9. The summed E-state index contributed by atoms with van der Waals surface area (Å²) in [4.78, 5) is 37.6. The molecule has 54 heavy (non-hydrogen) atoms. The van der Waals surface area contributed by atoms with Crippen molar-refractivity contribution in [1.82, 2.24) is 0 Å². The maximum atomic E-state index is 12.6. The highest BCUT2D eigenvalue weighted by molar-refractivity contribution is 5.71. The van der Waals surface area contributed by atoms with Crippen molar-refractivity contribution in [2.45, 2.75) is 187 Å². The van der Waals surface area contributed by atoms with Crippen molar-refractivity contribution in [3.05, 3.63) is 85.1 Å².